The maximum absolute atomic E-state index is 12.7. The topological polar surface area (TPSA) is 66.8 Å². The van der Waals surface area contributed by atoms with Gasteiger partial charge in [-0.2, -0.15) is 13.2 Å². The van der Waals surface area contributed by atoms with Crippen LogP contribution in [0.4, 0.5) is 13.2 Å². The number of nitrogens with zero attached hydrogens (tertiary/aromatic N) is 1. The second-order valence-corrected chi connectivity index (χ2v) is 5.37. The zero-order chi connectivity index (χ0) is 17.2. The summed E-state index contributed by atoms with van der Waals surface area (Å²) >= 11 is 0. The summed E-state index contributed by atoms with van der Waals surface area (Å²) in [4.78, 5) is 24.6. The molecule has 1 heterocycles. The van der Waals surface area contributed by atoms with Gasteiger partial charge in [0.2, 0.25) is 0 Å². The van der Waals surface area contributed by atoms with Crippen LogP contribution < -0.4 is 0 Å². The van der Waals surface area contributed by atoms with E-state index in [1.165, 1.54) is 24.1 Å². The molecule has 5 nitrogen and oxygen atoms in total. The summed E-state index contributed by atoms with van der Waals surface area (Å²) in [5.74, 6) is -1.69. The highest BCUT2D eigenvalue weighted by molar-refractivity contribution is 5.94. The van der Waals surface area contributed by atoms with Crippen molar-refractivity contribution in [2.45, 2.75) is 31.2 Å². The molecule has 0 radical (unpaired) electrons. The van der Waals surface area contributed by atoms with Crippen molar-refractivity contribution in [3.05, 3.63) is 35.4 Å². The van der Waals surface area contributed by atoms with E-state index in [1.54, 1.807) is 0 Å². The number of hydrogen-bond acceptors (Lipinski definition) is 3. The summed E-state index contributed by atoms with van der Waals surface area (Å²) in [6.45, 7) is 0.182. The van der Waals surface area contributed by atoms with Crippen molar-refractivity contribution in [1.82, 2.24) is 4.90 Å². The van der Waals surface area contributed by atoms with E-state index in [4.69, 9.17) is 9.84 Å². The van der Waals surface area contributed by atoms with E-state index in [0.717, 1.165) is 12.1 Å². The van der Waals surface area contributed by atoms with E-state index >= 15 is 0 Å². The number of rotatable bonds is 3. The van der Waals surface area contributed by atoms with Crippen LogP contribution in [0.2, 0.25) is 0 Å². The molecule has 1 fully saturated rings. The van der Waals surface area contributed by atoms with Gasteiger partial charge in [0, 0.05) is 31.7 Å². The molecular weight excluding hydrogens is 315 g/mol. The van der Waals surface area contributed by atoms with Crippen LogP contribution in [0, 0.1) is 0 Å². The number of carbonyl (C=O) groups is 2. The van der Waals surface area contributed by atoms with E-state index in [-0.39, 0.29) is 18.6 Å². The van der Waals surface area contributed by atoms with Gasteiger partial charge in [-0.3, -0.25) is 4.79 Å². The summed E-state index contributed by atoms with van der Waals surface area (Å²) in [5, 5.41) is 8.97. The molecule has 0 aliphatic carbocycles. The van der Waals surface area contributed by atoms with Crippen molar-refractivity contribution in [2.75, 3.05) is 13.7 Å². The van der Waals surface area contributed by atoms with E-state index in [9.17, 15) is 22.8 Å². The minimum Gasteiger partial charge on any atom is -0.479 e. The van der Waals surface area contributed by atoms with Gasteiger partial charge in [-0.15, -0.1) is 0 Å². The molecule has 0 aromatic heterocycles. The molecule has 0 saturated carbocycles. The molecular formula is C15H16F3NO4. The van der Waals surface area contributed by atoms with Crippen molar-refractivity contribution in [3.63, 3.8) is 0 Å². The van der Waals surface area contributed by atoms with Crippen LogP contribution in [0.5, 0.6) is 0 Å². The van der Waals surface area contributed by atoms with Gasteiger partial charge in [0.15, 0.2) is 6.10 Å². The highest BCUT2D eigenvalue weighted by Gasteiger charge is 2.34. The van der Waals surface area contributed by atoms with Crippen LogP contribution in [0.15, 0.2) is 24.3 Å². The Kier molecular flexibility index (Phi) is 4.93. The number of carbonyl (C=O) groups excluding carboxylic acids is 1. The number of carboxylic acids is 1. The van der Waals surface area contributed by atoms with Gasteiger partial charge in [-0.05, 0) is 24.6 Å². The molecule has 0 bridgehead atoms. The molecule has 0 unspecified atom stereocenters. The molecule has 1 aliphatic heterocycles. The van der Waals surface area contributed by atoms with Crippen molar-refractivity contribution in [1.29, 1.82) is 0 Å². The van der Waals surface area contributed by atoms with Gasteiger partial charge in [0.1, 0.15) is 0 Å². The largest absolute Gasteiger partial charge is 0.479 e. The van der Waals surface area contributed by atoms with E-state index in [2.05, 4.69) is 0 Å². The minimum atomic E-state index is -4.53. The summed E-state index contributed by atoms with van der Waals surface area (Å²) in [7, 11) is 1.46. The maximum atomic E-state index is 12.7. The Morgan fingerprint density at radius 2 is 2.04 bits per heavy atom. The van der Waals surface area contributed by atoms with Gasteiger partial charge in [0.25, 0.3) is 5.91 Å². The molecule has 2 rings (SSSR count). The Labute approximate surface area is 130 Å². The van der Waals surface area contributed by atoms with Crippen molar-refractivity contribution in [2.24, 2.45) is 0 Å². The fourth-order valence-electron chi connectivity index (χ4n) is 2.50. The SMILES string of the molecule is CN(C(=O)c1cccc(C(F)(F)F)c1)[C@@H]1CCO[C@H](C(=O)O)C1. The monoisotopic (exact) mass is 331 g/mol. The zero-order valence-corrected chi connectivity index (χ0v) is 12.3. The fraction of sp³-hybridized carbons (Fsp3) is 0.467. The first-order valence-electron chi connectivity index (χ1n) is 6.99. The molecule has 1 aromatic carbocycles. The first kappa shape index (κ1) is 17.3. The van der Waals surface area contributed by atoms with Gasteiger partial charge >= 0.3 is 12.1 Å². The van der Waals surface area contributed by atoms with E-state index < -0.39 is 35.8 Å². The van der Waals surface area contributed by atoms with Gasteiger partial charge < -0.3 is 14.7 Å². The molecule has 8 heteroatoms. The average Bonchev–Trinajstić information content (AvgIpc) is 2.53. The second-order valence-electron chi connectivity index (χ2n) is 5.37. The molecule has 2 atom stereocenters. The summed E-state index contributed by atoms with van der Waals surface area (Å²) < 4.78 is 43.2. The minimum absolute atomic E-state index is 0.0827. The number of aliphatic carboxylic acids is 1. The predicted octanol–water partition coefficient (Wildman–Crippen LogP) is 2.41. The van der Waals surface area contributed by atoms with Crippen LogP contribution in [-0.4, -0.2) is 47.7 Å². The first-order chi connectivity index (χ1) is 10.7. The predicted molar refractivity (Wildman–Crippen MR) is 73.9 cm³/mol. The Morgan fingerprint density at radius 1 is 1.35 bits per heavy atom. The number of halogens is 3. The third-order valence-corrected chi connectivity index (χ3v) is 3.84. The molecule has 0 spiro atoms. The Balaban J connectivity index is 2.15. The normalized spacial score (nSPS) is 21.7. The quantitative estimate of drug-likeness (QED) is 0.924. The maximum Gasteiger partial charge on any atom is 0.416 e. The molecule has 1 saturated heterocycles. The van der Waals surface area contributed by atoms with Crippen LogP contribution in [0.1, 0.15) is 28.8 Å². The van der Waals surface area contributed by atoms with Crippen LogP contribution in [0.25, 0.3) is 0 Å². The summed E-state index contributed by atoms with van der Waals surface area (Å²) in [5.41, 5.74) is -0.979. The Hall–Kier alpha value is -2.09. The van der Waals surface area contributed by atoms with Crippen molar-refractivity contribution < 1.29 is 32.6 Å². The average molecular weight is 331 g/mol. The van der Waals surface area contributed by atoms with Crippen molar-refractivity contribution in [3.8, 4) is 0 Å². The fourth-order valence-corrected chi connectivity index (χ4v) is 2.50. The molecule has 1 N–H and O–H groups in total. The summed E-state index contributed by atoms with van der Waals surface area (Å²) in [6.07, 6.45) is -4.99. The lowest BCUT2D eigenvalue weighted by molar-refractivity contribution is -0.155. The highest BCUT2D eigenvalue weighted by Crippen LogP contribution is 2.30. The Morgan fingerprint density at radius 3 is 2.65 bits per heavy atom. The lowest BCUT2D eigenvalue weighted by atomic mass is 10.0. The smallest absolute Gasteiger partial charge is 0.416 e. The standard InChI is InChI=1S/C15H16F3NO4/c1-19(11-5-6-23-12(8-11)14(21)22)13(20)9-3-2-4-10(7-9)15(16,17)18/h2-4,7,11-12H,5-6,8H2,1H3,(H,21,22)/t11-,12+/m1/s1. The second kappa shape index (κ2) is 6.57. The molecule has 23 heavy (non-hydrogen) atoms. The third kappa shape index (κ3) is 4.01. The number of benzene rings is 1. The zero-order valence-electron chi connectivity index (χ0n) is 12.3. The highest BCUT2D eigenvalue weighted by atomic mass is 19.4. The van der Waals surface area contributed by atoms with E-state index in [0.29, 0.717) is 6.42 Å². The number of hydrogen-bond donors (Lipinski definition) is 1. The van der Waals surface area contributed by atoms with Gasteiger partial charge in [-0.25, -0.2) is 4.79 Å². The summed E-state index contributed by atoms with van der Waals surface area (Å²) in [6, 6.07) is 3.78. The van der Waals surface area contributed by atoms with Gasteiger partial charge in [-0.1, -0.05) is 6.07 Å². The van der Waals surface area contributed by atoms with E-state index in [1.807, 2.05) is 0 Å². The lowest BCUT2D eigenvalue weighted by Crippen LogP contribution is -2.45. The van der Waals surface area contributed by atoms with Gasteiger partial charge in [0.05, 0.1) is 5.56 Å². The number of amides is 1. The van der Waals surface area contributed by atoms with Crippen LogP contribution in [0.3, 0.4) is 0 Å². The molecule has 1 aromatic rings. The molecule has 1 amide bonds. The lowest BCUT2D eigenvalue weighted by Gasteiger charge is -2.34. The van der Waals surface area contributed by atoms with Crippen LogP contribution in [-0.2, 0) is 15.7 Å². The molecule has 126 valence electrons. The van der Waals surface area contributed by atoms with Crippen molar-refractivity contribution >= 4 is 11.9 Å². The number of carboxylic acid groups (broad SMARTS) is 1. The third-order valence-electron chi connectivity index (χ3n) is 3.84. The molecule has 1 aliphatic rings. The Bertz CT molecular complexity index is 603. The number of ether oxygens (including phenoxy) is 1. The number of alkyl halides is 3. The first-order valence-corrected chi connectivity index (χ1v) is 6.99. The van der Waals surface area contributed by atoms with Crippen LogP contribution >= 0.6 is 0 Å².